The largest absolute Gasteiger partial charge is 0.439 e. The summed E-state index contributed by atoms with van der Waals surface area (Å²) in [6, 6.07) is 6.37. The van der Waals surface area contributed by atoms with Crippen LogP contribution in [-0.4, -0.2) is 11.5 Å². The van der Waals surface area contributed by atoms with E-state index in [1.165, 1.54) is 12.0 Å². The Balaban J connectivity index is 2.09. The Morgan fingerprint density at radius 1 is 1.47 bits per heavy atom. The van der Waals surface area contributed by atoms with Crippen LogP contribution in [0.1, 0.15) is 30.3 Å². The predicted molar refractivity (Wildman–Crippen MR) is 58.7 cm³/mol. The SMILES string of the molecule is Cc1cccc2oc([C@@H]3CCCN3)nc12. The highest BCUT2D eigenvalue weighted by Crippen LogP contribution is 2.27. The first-order chi connectivity index (χ1) is 7.34. The van der Waals surface area contributed by atoms with E-state index in [1.807, 2.05) is 12.1 Å². The number of fused-ring (bicyclic) bond motifs is 1. The summed E-state index contributed by atoms with van der Waals surface area (Å²) < 4.78 is 5.76. The molecule has 1 saturated heterocycles. The van der Waals surface area contributed by atoms with Gasteiger partial charge in [-0.3, -0.25) is 0 Å². The average Bonchev–Trinajstić information content (AvgIpc) is 2.86. The van der Waals surface area contributed by atoms with E-state index < -0.39 is 0 Å². The summed E-state index contributed by atoms with van der Waals surface area (Å²) in [4.78, 5) is 4.57. The van der Waals surface area contributed by atoms with E-state index in [1.54, 1.807) is 0 Å². The second-order valence-corrected chi connectivity index (χ2v) is 4.12. The van der Waals surface area contributed by atoms with Gasteiger partial charge < -0.3 is 9.73 Å². The van der Waals surface area contributed by atoms with Gasteiger partial charge in [0.1, 0.15) is 5.52 Å². The number of aryl methyl sites for hydroxylation is 1. The molecule has 1 atom stereocenters. The highest BCUT2D eigenvalue weighted by atomic mass is 16.3. The van der Waals surface area contributed by atoms with E-state index >= 15 is 0 Å². The minimum absolute atomic E-state index is 0.316. The lowest BCUT2D eigenvalue weighted by molar-refractivity contribution is 0.452. The van der Waals surface area contributed by atoms with Gasteiger partial charge in [0.2, 0.25) is 5.89 Å². The van der Waals surface area contributed by atoms with Crippen molar-refractivity contribution >= 4 is 11.1 Å². The van der Waals surface area contributed by atoms with Crippen molar-refractivity contribution in [3.05, 3.63) is 29.7 Å². The molecular weight excluding hydrogens is 188 g/mol. The summed E-state index contributed by atoms with van der Waals surface area (Å²) >= 11 is 0. The van der Waals surface area contributed by atoms with Crippen LogP contribution < -0.4 is 5.32 Å². The van der Waals surface area contributed by atoms with Crippen LogP contribution in [0, 0.1) is 6.92 Å². The third-order valence-corrected chi connectivity index (χ3v) is 3.00. The van der Waals surface area contributed by atoms with Crippen LogP contribution in [0.4, 0.5) is 0 Å². The van der Waals surface area contributed by atoms with E-state index in [-0.39, 0.29) is 0 Å². The lowest BCUT2D eigenvalue weighted by Gasteiger charge is -2.02. The second kappa shape index (κ2) is 3.35. The van der Waals surface area contributed by atoms with Crippen molar-refractivity contribution in [2.75, 3.05) is 6.54 Å². The molecule has 3 nitrogen and oxygen atoms in total. The van der Waals surface area contributed by atoms with Gasteiger partial charge in [0.25, 0.3) is 0 Å². The number of oxazole rings is 1. The van der Waals surface area contributed by atoms with Gasteiger partial charge in [0.05, 0.1) is 6.04 Å². The Kier molecular flexibility index (Phi) is 1.99. The van der Waals surface area contributed by atoms with Crippen molar-refractivity contribution in [1.82, 2.24) is 10.3 Å². The van der Waals surface area contributed by atoms with Crippen molar-refractivity contribution < 1.29 is 4.42 Å². The molecule has 0 aliphatic carbocycles. The van der Waals surface area contributed by atoms with Crippen LogP contribution in [0.2, 0.25) is 0 Å². The van der Waals surface area contributed by atoms with Crippen LogP contribution in [0.3, 0.4) is 0 Å². The third-order valence-electron chi connectivity index (χ3n) is 3.00. The summed E-state index contributed by atoms with van der Waals surface area (Å²) in [6.07, 6.45) is 2.34. The molecule has 1 N–H and O–H groups in total. The average molecular weight is 202 g/mol. The summed E-state index contributed by atoms with van der Waals surface area (Å²) in [6.45, 7) is 3.14. The van der Waals surface area contributed by atoms with Crippen molar-refractivity contribution in [3.63, 3.8) is 0 Å². The van der Waals surface area contributed by atoms with Crippen LogP contribution in [-0.2, 0) is 0 Å². The monoisotopic (exact) mass is 202 g/mol. The zero-order valence-electron chi connectivity index (χ0n) is 8.79. The Hall–Kier alpha value is -1.35. The number of hydrogen-bond acceptors (Lipinski definition) is 3. The smallest absolute Gasteiger partial charge is 0.212 e. The molecule has 78 valence electrons. The quantitative estimate of drug-likeness (QED) is 0.772. The number of aromatic nitrogens is 1. The number of nitrogens with zero attached hydrogens (tertiary/aromatic N) is 1. The molecule has 15 heavy (non-hydrogen) atoms. The molecule has 3 rings (SSSR count). The first kappa shape index (κ1) is 8.92. The maximum Gasteiger partial charge on any atom is 0.212 e. The molecule has 1 aliphatic heterocycles. The molecule has 2 heterocycles. The van der Waals surface area contributed by atoms with E-state index in [0.717, 1.165) is 30.0 Å². The Labute approximate surface area is 88.5 Å². The topological polar surface area (TPSA) is 38.1 Å². The molecule has 1 aromatic heterocycles. The van der Waals surface area contributed by atoms with Gasteiger partial charge in [-0.05, 0) is 37.9 Å². The highest BCUT2D eigenvalue weighted by Gasteiger charge is 2.21. The molecule has 0 saturated carbocycles. The van der Waals surface area contributed by atoms with Gasteiger partial charge >= 0.3 is 0 Å². The second-order valence-electron chi connectivity index (χ2n) is 4.12. The molecule has 0 unspecified atom stereocenters. The van der Waals surface area contributed by atoms with Gasteiger partial charge in [0.15, 0.2) is 5.58 Å². The molecular formula is C12H14N2O. The van der Waals surface area contributed by atoms with Crippen LogP contribution in [0.5, 0.6) is 0 Å². The summed E-state index contributed by atoms with van der Waals surface area (Å²) in [5, 5.41) is 3.40. The van der Waals surface area contributed by atoms with E-state index in [2.05, 4.69) is 23.3 Å². The summed E-state index contributed by atoms with van der Waals surface area (Å²) in [5.74, 6) is 0.844. The summed E-state index contributed by atoms with van der Waals surface area (Å²) in [7, 11) is 0. The maximum atomic E-state index is 5.76. The molecule has 3 heteroatoms. The zero-order valence-corrected chi connectivity index (χ0v) is 8.79. The van der Waals surface area contributed by atoms with Crippen molar-refractivity contribution in [2.45, 2.75) is 25.8 Å². The van der Waals surface area contributed by atoms with Crippen molar-refractivity contribution in [2.24, 2.45) is 0 Å². The standard InChI is InChI=1S/C12H14N2O/c1-8-4-2-6-10-11(8)14-12(15-10)9-5-3-7-13-9/h2,4,6,9,13H,3,5,7H2,1H3/t9-/m0/s1. The molecule has 1 aliphatic rings. The number of hydrogen-bond donors (Lipinski definition) is 1. The molecule has 1 fully saturated rings. The molecule has 1 aromatic carbocycles. The molecule has 0 amide bonds. The normalized spacial score (nSPS) is 21.3. The van der Waals surface area contributed by atoms with Crippen LogP contribution >= 0.6 is 0 Å². The van der Waals surface area contributed by atoms with Crippen LogP contribution in [0.25, 0.3) is 11.1 Å². The van der Waals surface area contributed by atoms with E-state index in [9.17, 15) is 0 Å². The highest BCUT2D eigenvalue weighted by molar-refractivity contribution is 5.76. The fraction of sp³-hybridized carbons (Fsp3) is 0.417. The number of benzene rings is 1. The predicted octanol–water partition coefficient (Wildman–Crippen LogP) is 2.56. The number of nitrogens with one attached hydrogen (secondary N) is 1. The van der Waals surface area contributed by atoms with Crippen molar-refractivity contribution in [3.8, 4) is 0 Å². The lowest BCUT2D eigenvalue weighted by atomic mass is 10.2. The van der Waals surface area contributed by atoms with Crippen molar-refractivity contribution in [1.29, 1.82) is 0 Å². The first-order valence-corrected chi connectivity index (χ1v) is 5.44. The van der Waals surface area contributed by atoms with Crippen LogP contribution in [0.15, 0.2) is 22.6 Å². The third kappa shape index (κ3) is 1.43. The van der Waals surface area contributed by atoms with Gasteiger partial charge in [0, 0.05) is 0 Å². The van der Waals surface area contributed by atoms with E-state index in [0.29, 0.717) is 6.04 Å². The Morgan fingerprint density at radius 2 is 2.40 bits per heavy atom. The Morgan fingerprint density at radius 3 is 3.13 bits per heavy atom. The molecule has 0 radical (unpaired) electrons. The fourth-order valence-electron chi connectivity index (χ4n) is 2.15. The maximum absolute atomic E-state index is 5.76. The molecule has 0 spiro atoms. The summed E-state index contributed by atoms with van der Waals surface area (Å²) in [5.41, 5.74) is 3.08. The first-order valence-electron chi connectivity index (χ1n) is 5.44. The van der Waals surface area contributed by atoms with Gasteiger partial charge in [-0.1, -0.05) is 12.1 Å². The fourth-order valence-corrected chi connectivity index (χ4v) is 2.15. The molecule has 0 bridgehead atoms. The number of para-hydroxylation sites is 1. The van der Waals surface area contributed by atoms with E-state index in [4.69, 9.17) is 4.42 Å². The van der Waals surface area contributed by atoms with Gasteiger partial charge in [-0.25, -0.2) is 4.98 Å². The Bertz CT molecular complexity index is 483. The minimum atomic E-state index is 0.316. The lowest BCUT2D eigenvalue weighted by Crippen LogP contribution is -2.12. The minimum Gasteiger partial charge on any atom is -0.439 e. The zero-order chi connectivity index (χ0) is 10.3. The molecule has 2 aromatic rings. The van der Waals surface area contributed by atoms with Gasteiger partial charge in [-0.15, -0.1) is 0 Å². The van der Waals surface area contributed by atoms with Gasteiger partial charge in [-0.2, -0.15) is 0 Å². The number of rotatable bonds is 1.